The van der Waals surface area contributed by atoms with Gasteiger partial charge < -0.3 is 5.32 Å². The first-order valence-electron chi connectivity index (χ1n) is 7.25. The molecule has 2 unspecified atom stereocenters. The van der Waals surface area contributed by atoms with Gasteiger partial charge in [0, 0.05) is 6.04 Å². The molecule has 1 heterocycles. The predicted molar refractivity (Wildman–Crippen MR) is 70.5 cm³/mol. The Morgan fingerprint density at radius 1 is 1.31 bits per heavy atom. The molecule has 0 bridgehead atoms. The predicted octanol–water partition coefficient (Wildman–Crippen LogP) is 3.90. The standard InChI is InChI=1S/C15H27N/c1-3-12(2)14-9-10-16-15(11-14)13-7-5-4-6-8-13/h11-13,15-16H,3-10H2,1-2H3. The average Bonchev–Trinajstić information content (AvgIpc) is 2.39. The van der Waals surface area contributed by atoms with Crippen molar-refractivity contribution in [3.8, 4) is 0 Å². The van der Waals surface area contributed by atoms with Crippen LogP contribution in [0.4, 0.5) is 0 Å². The van der Waals surface area contributed by atoms with E-state index in [0.29, 0.717) is 6.04 Å². The molecule has 1 aliphatic heterocycles. The molecule has 92 valence electrons. The third-order valence-corrected chi connectivity index (χ3v) is 4.59. The molecular weight excluding hydrogens is 194 g/mol. The van der Waals surface area contributed by atoms with E-state index in [2.05, 4.69) is 25.2 Å². The highest BCUT2D eigenvalue weighted by molar-refractivity contribution is 5.15. The van der Waals surface area contributed by atoms with E-state index in [0.717, 1.165) is 11.8 Å². The van der Waals surface area contributed by atoms with E-state index < -0.39 is 0 Å². The molecule has 0 aromatic rings. The summed E-state index contributed by atoms with van der Waals surface area (Å²) in [6.07, 6.45) is 12.4. The lowest BCUT2D eigenvalue weighted by Crippen LogP contribution is -2.39. The molecule has 0 spiro atoms. The van der Waals surface area contributed by atoms with Gasteiger partial charge in [-0.25, -0.2) is 0 Å². The molecular formula is C15H27N. The zero-order chi connectivity index (χ0) is 11.4. The van der Waals surface area contributed by atoms with Gasteiger partial charge in [0.05, 0.1) is 0 Å². The van der Waals surface area contributed by atoms with Crippen molar-refractivity contribution in [3.05, 3.63) is 11.6 Å². The van der Waals surface area contributed by atoms with Gasteiger partial charge in [-0.3, -0.25) is 0 Å². The lowest BCUT2D eigenvalue weighted by molar-refractivity contribution is 0.292. The van der Waals surface area contributed by atoms with E-state index in [-0.39, 0.29) is 0 Å². The molecule has 1 aliphatic carbocycles. The first-order valence-corrected chi connectivity index (χ1v) is 7.25. The van der Waals surface area contributed by atoms with Gasteiger partial charge in [0.2, 0.25) is 0 Å². The van der Waals surface area contributed by atoms with Gasteiger partial charge in [0.15, 0.2) is 0 Å². The van der Waals surface area contributed by atoms with E-state index in [4.69, 9.17) is 0 Å². The zero-order valence-corrected chi connectivity index (χ0v) is 11.0. The summed E-state index contributed by atoms with van der Waals surface area (Å²) in [5, 5.41) is 3.72. The Morgan fingerprint density at radius 3 is 2.75 bits per heavy atom. The third-order valence-electron chi connectivity index (χ3n) is 4.59. The Morgan fingerprint density at radius 2 is 2.06 bits per heavy atom. The van der Waals surface area contributed by atoms with Gasteiger partial charge in [0.1, 0.15) is 0 Å². The van der Waals surface area contributed by atoms with Gasteiger partial charge in [-0.1, -0.05) is 44.8 Å². The topological polar surface area (TPSA) is 12.0 Å². The summed E-state index contributed by atoms with van der Waals surface area (Å²) in [5.74, 6) is 1.72. The summed E-state index contributed by atoms with van der Waals surface area (Å²) in [5.41, 5.74) is 1.72. The Bertz CT molecular complexity index is 238. The summed E-state index contributed by atoms with van der Waals surface area (Å²) in [6.45, 7) is 5.90. The minimum Gasteiger partial charge on any atom is -0.310 e. The van der Waals surface area contributed by atoms with E-state index in [1.807, 2.05) is 0 Å². The van der Waals surface area contributed by atoms with Crippen molar-refractivity contribution < 1.29 is 0 Å². The van der Waals surface area contributed by atoms with Gasteiger partial charge in [0.25, 0.3) is 0 Å². The Balaban J connectivity index is 1.98. The molecule has 1 nitrogen and oxygen atoms in total. The minimum absolute atomic E-state index is 0.693. The van der Waals surface area contributed by atoms with Crippen LogP contribution in [0.2, 0.25) is 0 Å². The molecule has 1 N–H and O–H groups in total. The second kappa shape index (κ2) is 5.86. The molecule has 16 heavy (non-hydrogen) atoms. The lowest BCUT2D eigenvalue weighted by Gasteiger charge is -2.33. The van der Waals surface area contributed by atoms with Crippen molar-refractivity contribution in [1.82, 2.24) is 5.32 Å². The molecule has 2 atom stereocenters. The van der Waals surface area contributed by atoms with Crippen molar-refractivity contribution in [2.75, 3.05) is 6.54 Å². The fourth-order valence-corrected chi connectivity index (χ4v) is 3.22. The average molecular weight is 221 g/mol. The molecule has 0 amide bonds. The maximum Gasteiger partial charge on any atom is 0.0281 e. The first-order chi connectivity index (χ1) is 7.81. The van der Waals surface area contributed by atoms with Crippen molar-refractivity contribution in [2.24, 2.45) is 11.8 Å². The normalized spacial score (nSPS) is 29.9. The van der Waals surface area contributed by atoms with Crippen LogP contribution in [0.5, 0.6) is 0 Å². The van der Waals surface area contributed by atoms with Crippen molar-refractivity contribution in [2.45, 2.75) is 64.8 Å². The van der Waals surface area contributed by atoms with Gasteiger partial charge >= 0.3 is 0 Å². The van der Waals surface area contributed by atoms with Crippen molar-refractivity contribution >= 4 is 0 Å². The maximum atomic E-state index is 3.72. The number of nitrogens with one attached hydrogen (secondary N) is 1. The quantitative estimate of drug-likeness (QED) is 0.713. The molecule has 1 fully saturated rings. The largest absolute Gasteiger partial charge is 0.310 e. The van der Waals surface area contributed by atoms with E-state index in [1.54, 1.807) is 5.57 Å². The van der Waals surface area contributed by atoms with Crippen LogP contribution >= 0.6 is 0 Å². The van der Waals surface area contributed by atoms with E-state index >= 15 is 0 Å². The van der Waals surface area contributed by atoms with Gasteiger partial charge in [-0.05, 0) is 44.1 Å². The second-order valence-corrected chi connectivity index (χ2v) is 5.68. The lowest BCUT2D eigenvalue weighted by atomic mass is 9.80. The Labute approximate surface area is 101 Å². The van der Waals surface area contributed by atoms with E-state index in [1.165, 1.54) is 51.5 Å². The third kappa shape index (κ3) is 2.88. The highest BCUT2D eigenvalue weighted by atomic mass is 14.9. The first kappa shape index (κ1) is 12.2. The molecule has 0 aromatic carbocycles. The molecule has 0 radical (unpaired) electrons. The number of hydrogen-bond donors (Lipinski definition) is 1. The summed E-state index contributed by atoms with van der Waals surface area (Å²) >= 11 is 0. The fraction of sp³-hybridized carbons (Fsp3) is 0.867. The smallest absolute Gasteiger partial charge is 0.0281 e. The summed E-state index contributed by atoms with van der Waals surface area (Å²) in [6, 6.07) is 0.693. The number of rotatable bonds is 3. The monoisotopic (exact) mass is 221 g/mol. The highest BCUT2D eigenvalue weighted by Crippen LogP contribution is 2.30. The highest BCUT2D eigenvalue weighted by Gasteiger charge is 2.25. The molecule has 2 aliphatic rings. The Kier molecular flexibility index (Phi) is 4.45. The number of hydrogen-bond acceptors (Lipinski definition) is 1. The SMILES string of the molecule is CCC(C)C1=CC(C2CCCCC2)NCC1. The van der Waals surface area contributed by atoms with Crippen molar-refractivity contribution in [1.29, 1.82) is 0 Å². The summed E-state index contributed by atoms with van der Waals surface area (Å²) in [7, 11) is 0. The fourth-order valence-electron chi connectivity index (χ4n) is 3.22. The molecule has 0 saturated heterocycles. The van der Waals surface area contributed by atoms with E-state index in [9.17, 15) is 0 Å². The van der Waals surface area contributed by atoms with Gasteiger partial charge in [-0.15, -0.1) is 0 Å². The second-order valence-electron chi connectivity index (χ2n) is 5.68. The van der Waals surface area contributed by atoms with Crippen molar-refractivity contribution in [3.63, 3.8) is 0 Å². The summed E-state index contributed by atoms with van der Waals surface area (Å²) < 4.78 is 0. The maximum absolute atomic E-state index is 3.72. The van der Waals surface area contributed by atoms with Crippen LogP contribution in [-0.2, 0) is 0 Å². The molecule has 2 rings (SSSR count). The minimum atomic E-state index is 0.693. The van der Waals surface area contributed by atoms with Crippen LogP contribution in [-0.4, -0.2) is 12.6 Å². The van der Waals surface area contributed by atoms with Crippen LogP contribution in [0.15, 0.2) is 11.6 Å². The summed E-state index contributed by atoms with van der Waals surface area (Å²) in [4.78, 5) is 0. The molecule has 0 aromatic heterocycles. The van der Waals surface area contributed by atoms with Crippen LogP contribution in [0.1, 0.15) is 58.8 Å². The Hall–Kier alpha value is -0.300. The van der Waals surface area contributed by atoms with Crippen LogP contribution < -0.4 is 5.32 Å². The molecule has 1 heteroatoms. The molecule has 1 saturated carbocycles. The zero-order valence-electron chi connectivity index (χ0n) is 11.0. The van der Waals surface area contributed by atoms with Crippen LogP contribution in [0.25, 0.3) is 0 Å². The van der Waals surface area contributed by atoms with Crippen LogP contribution in [0.3, 0.4) is 0 Å². The van der Waals surface area contributed by atoms with Gasteiger partial charge in [-0.2, -0.15) is 0 Å². The van der Waals surface area contributed by atoms with Crippen LogP contribution in [0, 0.1) is 11.8 Å².